The Balaban J connectivity index is 2.08. The molecule has 0 atom stereocenters. The molecule has 0 unspecified atom stereocenters. The Hall–Kier alpha value is -0.820. The summed E-state index contributed by atoms with van der Waals surface area (Å²) < 4.78 is 30.6. The van der Waals surface area contributed by atoms with Gasteiger partial charge in [0.25, 0.3) is 0 Å². The quantitative estimate of drug-likeness (QED) is 0.281. The van der Waals surface area contributed by atoms with Crippen molar-refractivity contribution in [1.29, 1.82) is 0 Å². The molecule has 1 aliphatic heterocycles. The molecule has 0 aromatic rings. The summed E-state index contributed by atoms with van der Waals surface area (Å²) in [6, 6.07) is 0. The van der Waals surface area contributed by atoms with Crippen LogP contribution in [-0.2, 0) is 14.8 Å². The van der Waals surface area contributed by atoms with Crippen molar-refractivity contribution in [1.82, 2.24) is 4.31 Å². The molecule has 1 aliphatic rings. The van der Waals surface area contributed by atoms with E-state index in [0.717, 1.165) is 25.7 Å². The van der Waals surface area contributed by atoms with Crippen LogP contribution in [0.2, 0.25) is 0 Å². The highest BCUT2D eigenvalue weighted by Crippen LogP contribution is 2.10. The van der Waals surface area contributed by atoms with E-state index < -0.39 is 10.0 Å². The third-order valence-corrected chi connectivity index (χ3v) is 5.04. The lowest BCUT2D eigenvalue weighted by Crippen LogP contribution is -2.41. The number of azide groups is 1. The molecule has 0 spiro atoms. The summed E-state index contributed by atoms with van der Waals surface area (Å²) in [5.41, 5.74) is 8.10. The van der Waals surface area contributed by atoms with Gasteiger partial charge in [-0.3, -0.25) is 0 Å². The van der Waals surface area contributed by atoms with Crippen LogP contribution in [0, 0.1) is 0 Å². The Morgan fingerprint density at radius 3 is 2.42 bits per heavy atom. The first-order valence-electron chi connectivity index (χ1n) is 6.73. The maximum Gasteiger partial charge on any atom is 0.214 e. The molecule has 0 aromatic carbocycles. The maximum atomic E-state index is 12.0. The summed E-state index contributed by atoms with van der Waals surface area (Å²) in [6.07, 6.45) is 4.44. The van der Waals surface area contributed by atoms with Gasteiger partial charge in [0, 0.05) is 24.5 Å². The molecule has 0 radical (unpaired) electrons. The maximum absolute atomic E-state index is 12.0. The molecule has 0 saturated carbocycles. The van der Waals surface area contributed by atoms with E-state index in [9.17, 15) is 8.42 Å². The van der Waals surface area contributed by atoms with Crippen molar-refractivity contribution < 1.29 is 13.2 Å². The van der Waals surface area contributed by atoms with Gasteiger partial charge in [-0.15, -0.1) is 0 Å². The minimum atomic E-state index is -3.10. The normalized spacial score (nSPS) is 17.1. The van der Waals surface area contributed by atoms with Crippen molar-refractivity contribution in [3.63, 3.8) is 0 Å². The molecule has 1 rings (SSSR count). The van der Waals surface area contributed by atoms with Crippen LogP contribution in [0.15, 0.2) is 5.11 Å². The number of hydrogen-bond donors (Lipinski definition) is 0. The first-order chi connectivity index (χ1) is 9.17. The molecule has 1 fully saturated rings. The van der Waals surface area contributed by atoms with Gasteiger partial charge in [0.1, 0.15) is 0 Å². The van der Waals surface area contributed by atoms with Crippen molar-refractivity contribution in [2.45, 2.75) is 32.1 Å². The third-order valence-electron chi connectivity index (χ3n) is 3.09. The van der Waals surface area contributed by atoms with Crippen LogP contribution in [0.25, 0.3) is 10.4 Å². The van der Waals surface area contributed by atoms with E-state index in [0.29, 0.717) is 39.3 Å². The van der Waals surface area contributed by atoms with E-state index in [4.69, 9.17) is 10.3 Å². The van der Waals surface area contributed by atoms with Gasteiger partial charge in [-0.1, -0.05) is 24.4 Å². The van der Waals surface area contributed by atoms with Crippen molar-refractivity contribution >= 4 is 10.0 Å². The monoisotopic (exact) mass is 290 g/mol. The molecule has 0 bridgehead atoms. The van der Waals surface area contributed by atoms with E-state index in [2.05, 4.69) is 10.0 Å². The predicted molar refractivity (Wildman–Crippen MR) is 73.3 cm³/mol. The molecule has 110 valence electrons. The highest BCUT2D eigenvalue weighted by atomic mass is 32.2. The summed E-state index contributed by atoms with van der Waals surface area (Å²) in [7, 11) is -3.10. The minimum Gasteiger partial charge on any atom is -0.379 e. The van der Waals surface area contributed by atoms with Crippen LogP contribution in [0.1, 0.15) is 32.1 Å². The summed E-state index contributed by atoms with van der Waals surface area (Å²) in [5, 5.41) is 3.46. The number of morpholine rings is 1. The van der Waals surface area contributed by atoms with Crippen LogP contribution in [0.5, 0.6) is 0 Å². The van der Waals surface area contributed by atoms with Crippen LogP contribution in [0.4, 0.5) is 0 Å². The minimum absolute atomic E-state index is 0.226. The van der Waals surface area contributed by atoms with Gasteiger partial charge in [-0.2, -0.15) is 4.31 Å². The summed E-state index contributed by atoms with van der Waals surface area (Å²) in [5.74, 6) is 0.226. The Morgan fingerprint density at radius 2 is 1.74 bits per heavy atom. The number of ether oxygens (including phenoxy) is 1. The summed E-state index contributed by atoms with van der Waals surface area (Å²) in [6.45, 7) is 2.49. The van der Waals surface area contributed by atoms with Crippen molar-refractivity contribution in [2.24, 2.45) is 5.11 Å². The summed E-state index contributed by atoms with van der Waals surface area (Å²) >= 11 is 0. The third kappa shape index (κ3) is 6.77. The number of sulfonamides is 1. The fourth-order valence-corrected chi connectivity index (χ4v) is 3.53. The fourth-order valence-electron chi connectivity index (χ4n) is 2.00. The summed E-state index contributed by atoms with van der Waals surface area (Å²) in [4.78, 5) is 2.68. The standard InChI is InChI=1S/C11H22N4O3S/c12-14-13-6-4-2-1-3-5-11-19(16,17)15-7-9-18-10-8-15/h1-11H2. The van der Waals surface area contributed by atoms with Gasteiger partial charge < -0.3 is 4.74 Å². The SMILES string of the molecule is [N-]=[N+]=NCCCCCCCS(=O)(=O)N1CCOCC1. The Kier molecular flexibility index (Phi) is 7.81. The Bertz CT molecular complexity index is 387. The number of hydrogen-bond acceptors (Lipinski definition) is 4. The molecule has 0 N–H and O–H groups in total. The molecular weight excluding hydrogens is 268 g/mol. The molecule has 8 heteroatoms. The smallest absolute Gasteiger partial charge is 0.214 e. The van der Waals surface area contributed by atoms with Gasteiger partial charge >= 0.3 is 0 Å². The van der Waals surface area contributed by atoms with Crippen molar-refractivity contribution in [3.8, 4) is 0 Å². The number of unbranched alkanes of at least 4 members (excludes halogenated alkanes) is 4. The zero-order valence-corrected chi connectivity index (χ0v) is 12.0. The van der Waals surface area contributed by atoms with Crippen molar-refractivity contribution in [3.05, 3.63) is 10.4 Å². The first kappa shape index (κ1) is 16.2. The van der Waals surface area contributed by atoms with E-state index in [1.165, 1.54) is 4.31 Å². The second-order valence-corrected chi connectivity index (χ2v) is 6.64. The second kappa shape index (κ2) is 9.14. The van der Waals surface area contributed by atoms with Crippen LogP contribution < -0.4 is 0 Å². The van der Waals surface area contributed by atoms with E-state index in [1.54, 1.807) is 0 Å². The lowest BCUT2D eigenvalue weighted by molar-refractivity contribution is 0.0730. The largest absolute Gasteiger partial charge is 0.379 e. The van der Waals surface area contributed by atoms with Gasteiger partial charge in [0.2, 0.25) is 10.0 Å². The zero-order valence-electron chi connectivity index (χ0n) is 11.2. The molecule has 0 aromatic heterocycles. The Morgan fingerprint density at radius 1 is 1.11 bits per heavy atom. The average molecular weight is 290 g/mol. The van der Waals surface area contributed by atoms with Crippen LogP contribution in [0.3, 0.4) is 0 Å². The molecule has 0 amide bonds. The molecule has 1 heterocycles. The topological polar surface area (TPSA) is 95.4 Å². The lowest BCUT2D eigenvalue weighted by Gasteiger charge is -2.25. The predicted octanol–water partition coefficient (Wildman–Crippen LogP) is 1.91. The second-order valence-electron chi connectivity index (χ2n) is 4.55. The van der Waals surface area contributed by atoms with Crippen LogP contribution in [-0.4, -0.2) is 51.3 Å². The van der Waals surface area contributed by atoms with Gasteiger partial charge in [0.05, 0.1) is 19.0 Å². The lowest BCUT2D eigenvalue weighted by atomic mass is 10.2. The average Bonchev–Trinajstić information content (AvgIpc) is 2.43. The van der Waals surface area contributed by atoms with Gasteiger partial charge in [-0.05, 0) is 18.4 Å². The highest BCUT2D eigenvalue weighted by molar-refractivity contribution is 7.89. The van der Waals surface area contributed by atoms with Crippen molar-refractivity contribution in [2.75, 3.05) is 38.6 Å². The molecule has 19 heavy (non-hydrogen) atoms. The molecule has 0 aliphatic carbocycles. The van der Waals surface area contributed by atoms with E-state index in [1.807, 2.05) is 0 Å². The molecular formula is C11H22N4O3S. The van der Waals surface area contributed by atoms with Gasteiger partial charge in [-0.25, -0.2) is 8.42 Å². The number of rotatable bonds is 9. The fraction of sp³-hybridized carbons (Fsp3) is 1.00. The van der Waals surface area contributed by atoms with Crippen LogP contribution >= 0.6 is 0 Å². The first-order valence-corrected chi connectivity index (χ1v) is 8.34. The van der Waals surface area contributed by atoms with E-state index >= 15 is 0 Å². The van der Waals surface area contributed by atoms with Gasteiger partial charge in [0.15, 0.2) is 0 Å². The zero-order chi connectivity index (χ0) is 14.0. The number of nitrogens with zero attached hydrogens (tertiary/aromatic N) is 4. The molecule has 7 nitrogen and oxygen atoms in total. The van der Waals surface area contributed by atoms with E-state index in [-0.39, 0.29) is 5.75 Å². The molecule has 1 saturated heterocycles. The Labute approximate surface area is 114 Å². The highest BCUT2D eigenvalue weighted by Gasteiger charge is 2.23.